The molecule has 1 fully saturated rings. The van der Waals surface area contributed by atoms with E-state index in [-0.39, 0.29) is 5.97 Å². The lowest BCUT2D eigenvalue weighted by molar-refractivity contribution is 0.0525. The van der Waals surface area contributed by atoms with Crippen LogP contribution in [0.5, 0.6) is 0 Å². The Morgan fingerprint density at radius 2 is 2.10 bits per heavy atom. The molecule has 1 aliphatic heterocycles. The Morgan fingerprint density at radius 3 is 2.70 bits per heavy atom. The summed E-state index contributed by atoms with van der Waals surface area (Å²) in [6.45, 7) is 8.46. The monoisotopic (exact) mass is 297 g/mol. The Balaban J connectivity index is 2.18. The number of esters is 1. The van der Waals surface area contributed by atoms with Gasteiger partial charge in [0.2, 0.25) is 0 Å². The quantitative estimate of drug-likeness (QED) is 0.865. The average Bonchev–Trinajstić information content (AvgIpc) is 2.75. The molecule has 0 amide bonds. The van der Waals surface area contributed by atoms with E-state index >= 15 is 0 Å². The van der Waals surface area contributed by atoms with Crippen molar-refractivity contribution < 1.29 is 9.53 Å². The summed E-state index contributed by atoms with van der Waals surface area (Å²) in [4.78, 5) is 12.0. The van der Waals surface area contributed by atoms with E-state index in [0.29, 0.717) is 24.3 Å². The highest BCUT2D eigenvalue weighted by Crippen LogP contribution is 2.29. The minimum Gasteiger partial charge on any atom is -0.462 e. The Labute approximate surface area is 124 Å². The van der Waals surface area contributed by atoms with Gasteiger partial charge in [0.15, 0.2) is 0 Å². The van der Waals surface area contributed by atoms with Gasteiger partial charge >= 0.3 is 5.97 Å². The molecule has 0 aliphatic carbocycles. The van der Waals surface area contributed by atoms with Gasteiger partial charge in [0, 0.05) is 12.1 Å². The number of aromatic nitrogens is 1. The number of carbonyl (C=O) groups excluding carboxylic acids is 1. The maximum Gasteiger partial charge on any atom is 0.343 e. The predicted molar refractivity (Wildman–Crippen MR) is 81.0 cm³/mol. The highest BCUT2D eigenvalue weighted by atomic mass is 32.1. The van der Waals surface area contributed by atoms with Gasteiger partial charge in [0.1, 0.15) is 10.6 Å². The number of aryl methyl sites for hydroxylation is 1. The lowest BCUT2D eigenvalue weighted by atomic mass is 10.00. The maximum absolute atomic E-state index is 12.0. The van der Waals surface area contributed by atoms with Crippen molar-refractivity contribution in [1.29, 1.82) is 0 Å². The summed E-state index contributed by atoms with van der Waals surface area (Å²) in [7, 11) is 0. The summed E-state index contributed by atoms with van der Waals surface area (Å²) >= 11 is 1.32. The normalized spacial score (nSPS) is 23.6. The van der Waals surface area contributed by atoms with Gasteiger partial charge in [-0.15, -0.1) is 0 Å². The second-order valence-corrected chi connectivity index (χ2v) is 6.11. The number of ether oxygens (including phenoxy) is 1. The number of hydrogen-bond acceptors (Lipinski definition) is 6. The van der Waals surface area contributed by atoms with Gasteiger partial charge in [0.25, 0.3) is 0 Å². The maximum atomic E-state index is 12.0. The van der Waals surface area contributed by atoms with E-state index in [2.05, 4.69) is 28.7 Å². The van der Waals surface area contributed by atoms with E-state index < -0.39 is 0 Å². The van der Waals surface area contributed by atoms with Crippen LogP contribution < -0.4 is 5.43 Å². The van der Waals surface area contributed by atoms with Crippen LogP contribution in [0.25, 0.3) is 0 Å². The number of nitrogens with one attached hydrogen (secondary N) is 1. The van der Waals surface area contributed by atoms with Crippen LogP contribution in [-0.2, 0) is 4.74 Å². The molecular weight excluding hydrogens is 274 g/mol. The summed E-state index contributed by atoms with van der Waals surface area (Å²) in [5.41, 5.74) is 4.70. The number of piperidine rings is 1. The van der Waals surface area contributed by atoms with Crippen LogP contribution in [0.15, 0.2) is 0 Å². The first-order chi connectivity index (χ1) is 9.54. The molecule has 0 radical (unpaired) electrons. The summed E-state index contributed by atoms with van der Waals surface area (Å²) < 4.78 is 9.41. The first kappa shape index (κ1) is 15.3. The van der Waals surface area contributed by atoms with Crippen molar-refractivity contribution in [2.24, 2.45) is 0 Å². The van der Waals surface area contributed by atoms with Gasteiger partial charge in [-0.1, -0.05) is 6.42 Å². The topological polar surface area (TPSA) is 54.5 Å². The lowest BCUT2D eigenvalue weighted by Gasteiger charge is -2.39. The smallest absolute Gasteiger partial charge is 0.343 e. The van der Waals surface area contributed by atoms with Crippen LogP contribution in [0, 0.1) is 6.92 Å². The fraction of sp³-hybridized carbons (Fsp3) is 0.714. The van der Waals surface area contributed by atoms with Crippen LogP contribution >= 0.6 is 11.5 Å². The van der Waals surface area contributed by atoms with Crippen LogP contribution in [-0.4, -0.2) is 34.0 Å². The molecule has 2 rings (SSSR count). The molecule has 1 aliphatic rings. The third-order valence-corrected chi connectivity index (χ3v) is 4.61. The number of anilines is 1. The second kappa shape index (κ2) is 6.54. The molecule has 112 valence electrons. The zero-order valence-corrected chi connectivity index (χ0v) is 13.4. The molecule has 2 unspecified atom stereocenters. The third kappa shape index (κ3) is 3.12. The Morgan fingerprint density at radius 1 is 1.45 bits per heavy atom. The number of hydrogen-bond donors (Lipinski definition) is 1. The van der Waals surface area contributed by atoms with Crippen molar-refractivity contribution in [3.8, 4) is 0 Å². The van der Waals surface area contributed by atoms with Gasteiger partial charge < -0.3 is 10.2 Å². The van der Waals surface area contributed by atoms with Gasteiger partial charge in [-0.05, 0) is 52.1 Å². The van der Waals surface area contributed by atoms with Crippen molar-refractivity contribution in [3.05, 3.63) is 11.3 Å². The molecule has 0 bridgehead atoms. The molecule has 1 saturated heterocycles. The molecule has 2 heterocycles. The Hall–Kier alpha value is -1.14. The molecular formula is C14H23N3O2S. The summed E-state index contributed by atoms with van der Waals surface area (Å²) in [5, 5.41) is 3.03. The zero-order chi connectivity index (χ0) is 14.7. The minimum atomic E-state index is -0.293. The Bertz CT molecular complexity index is 465. The van der Waals surface area contributed by atoms with E-state index in [1.807, 2.05) is 13.8 Å². The van der Waals surface area contributed by atoms with E-state index in [1.54, 1.807) is 0 Å². The van der Waals surface area contributed by atoms with Crippen LogP contribution in [0.2, 0.25) is 0 Å². The standard InChI is InChI=1S/C14H23N3O2S/c1-5-19-14(18)12-11(4)16-20-13(12)15-17-9(2)7-6-8-10(17)3/h9-10,15H,5-8H2,1-4H3. The molecule has 2 atom stereocenters. The SMILES string of the molecule is CCOC(=O)c1c(C)nsc1NN1C(C)CCCC1C. The molecule has 1 aromatic rings. The predicted octanol–water partition coefficient (Wildman–Crippen LogP) is 3.22. The summed E-state index contributed by atoms with van der Waals surface area (Å²) in [6.07, 6.45) is 3.60. The molecule has 6 heteroatoms. The average molecular weight is 297 g/mol. The lowest BCUT2D eigenvalue weighted by Crippen LogP contribution is -2.47. The number of nitrogens with zero attached hydrogens (tertiary/aromatic N) is 2. The number of hydrazine groups is 1. The van der Waals surface area contributed by atoms with Crippen molar-refractivity contribution >= 4 is 22.5 Å². The molecule has 1 N–H and O–H groups in total. The number of rotatable bonds is 4. The fourth-order valence-electron chi connectivity index (χ4n) is 2.65. The van der Waals surface area contributed by atoms with Gasteiger partial charge in [-0.2, -0.15) is 4.37 Å². The minimum absolute atomic E-state index is 0.293. The largest absolute Gasteiger partial charge is 0.462 e. The van der Waals surface area contributed by atoms with Crippen LogP contribution in [0.3, 0.4) is 0 Å². The molecule has 0 aromatic carbocycles. The molecule has 0 saturated carbocycles. The molecule has 5 nitrogen and oxygen atoms in total. The van der Waals surface area contributed by atoms with E-state index in [4.69, 9.17) is 4.74 Å². The summed E-state index contributed by atoms with van der Waals surface area (Å²) in [6, 6.07) is 0.910. The van der Waals surface area contributed by atoms with E-state index in [9.17, 15) is 4.79 Å². The van der Waals surface area contributed by atoms with Crippen molar-refractivity contribution in [2.75, 3.05) is 12.0 Å². The Kier molecular flexibility index (Phi) is 4.99. The zero-order valence-electron chi connectivity index (χ0n) is 12.6. The molecule has 1 aromatic heterocycles. The van der Waals surface area contributed by atoms with Gasteiger partial charge in [-0.3, -0.25) is 0 Å². The van der Waals surface area contributed by atoms with Gasteiger partial charge in [-0.25, -0.2) is 9.80 Å². The highest BCUT2D eigenvalue weighted by molar-refractivity contribution is 7.10. The third-order valence-electron chi connectivity index (χ3n) is 3.77. The van der Waals surface area contributed by atoms with E-state index in [1.165, 1.54) is 30.8 Å². The van der Waals surface area contributed by atoms with Crippen LogP contribution in [0.1, 0.15) is 56.1 Å². The second-order valence-electron chi connectivity index (χ2n) is 5.34. The highest BCUT2D eigenvalue weighted by Gasteiger charge is 2.28. The van der Waals surface area contributed by atoms with Crippen molar-refractivity contribution in [3.63, 3.8) is 0 Å². The van der Waals surface area contributed by atoms with E-state index in [0.717, 1.165) is 10.7 Å². The van der Waals surface area contributed by atoms with Crippen molar-refractivity contribution in [1.82, 2.24) is 9.38 Å². The fourth-order valence-corrected chi connectivity index (χ4v) is 3.44. The van der Waals surface area contributed by atoms with Crippen molar-refractivity contribution in [2.45, 2.75) is 59.0 Å². The summed E-state index contributed by atoms with van der Waals surface area (Å²) in [5.74, 6) is -0.293. The molecule has 0 spiro atoms. The first-order valence-corrected chi connectivity index (χ1v) is 8.00. The molecule has 20 heavy (non-hydrogen) atoms. The first-order valence-electron chi connectivity index (χ1n) is 7.23. The van der Waals surface area contributed by atoms with Crippen LogP contribution in [0.4, 0.5) is 5.00 Å². The van der Waals surface area contributed by atoms with Gasteiger partial charge in [0.05, 0.1) is 12.3 Å². The number of carbonyl (C=O) groups is 1.